The maximum Gasteiger partial charge on any atom is 0.0879 e. The van der Waals surface area contributed by atoms with Gasteiger partial charge in [-0.25, -0.2) is 0 Å². The van der Waals surface area contributed by atoms with E-state index in [4.69, 9.17) is 5.73 Å². The second-order valence-corrected chi connectivity index (χ2v) is 6.33. The SMILES string of the molecule is NCC1(C(O)c2cncc3ccccc23)CCCCCC1. The zero-order valence-electron chi connectivity index (χ0n) is 12.5. The van der Waals surface area contributed by atoms with Crippen molar-refractivity contribution in [2.45, 2.75) is 44.6 Å². The van der Waals surface area contributed by atoms with Gasteiger partial charge < -0.3 is 10.8 Å². The first kappa shape index (κ1) is 14.5. The summed E-state index contributed by atoms with van der Waals surface area (Å²) in [7, 11) is 0. The third-order valence-corrected chi connectivity index (χ3v) is 5.08. The summed E-state index contributed by atoms with van der Waals surface area (Å²) in [6.45, 7) is 0.539. The lowest BCUT2D eigenvalue weighted by molar-refractivity contribution is 0.0175. The number of hydrogen-bond donors (Lipinski definition) is 2. The minimum atomic E-state index is -0.529. The summed E-state index contributed by atoms with van der Waals surface area (Å²) in [5, 5.41) is 13.3. The highest BCUT2D eigenvalue weighted by molar-refractivity contribution is 5.85. The summed E-state index contributed by atoms with van der Waals surface area (Å²) in [4.78, 5) is 4.32. The Balaban J connectivity index is 2.03. The molecule has 21 heavy (non-hydrogen) atoms. The number of hydrogen-bond acceptors (Lipinski definition) is 3. The van der Waals surface area contributed by atoms with Crippen LogP contribution in [0.25, 0.3) is 10.8 Å². The van der Waals surface area contributed by atoms with Crippen molar-refractivity contribution in [1.29, 1.82) is 0 Å². The first-order valence-electron chi connectivity index (χ1n) is 7.98. The molecule has 0 saturated heterocycles. The van der Waals surface area contributed by atoms with Gasteiger partial charge in [-0.1, -0.05) is 49.9 Å². The standard InChI is InChI=1S/C18H24N2O/c19-13-18(9-5-1-2-6-10-18)17(21)16-12-20-11-14-7-3-4-8-15(14)16/h3-4,7-8,11-12,17,21H,1-2,5-6,9-10,13,19H2. The number of rotatable bonds is 3. The molecule has 0 aliphatic heterocycles. The normalized spacial score (nSPS) is 20.1. The quantitative estimate of drug-likeness (QED) is 0.847. The van der Waals surface area contributed by atoms with E-state index in [9.17, 15) is 5.11 Å². The van der Waals surface area contributed by atoms with E-state index in [1.807, 2.05) is 30.6 Å². The fourth-order valence-corrected chi connectivity index (χ4v) is 3.71. The maximum absolute atomic E-state index is 11.1. The Kier molecular flexibility index (Phi) is 4.22. The van der Waals surface area contributed by atoms with Gasteiger partial charge >= 0.3 is 0 Å². The summed E-state index contributed by atoms with van der Waals surface area (Å²) in [5.41, 5.74) is 6.85. The number of fused-ring (bicyclic) bond motifs is 1. The van der Waals surface area contributed by atoms with Crippen LogP contribution in [0.15, 0.2) is 36.7 Å². The minimum Gasteiger partial charge on any atom is -0.388 e. The molecule has 1 atom stereocenters. The highest BCUT2D eigenvalue weighted by Gasteiger charge is 2.38. The van der Waals surface area contributed by atoms with Gasteiger partial charge in [0.25, 0.3) is 0 Å². The summed E-state index contributed by atoms with van der Waals surface area (Å²) >= 11 is 0. The molecule has 3 heteroatoms. The summed E-state index contributed by atoms with van der Waals surface area (Å²) in [5.74, 6) is 0. The molecule has 2 aromatic rings. The van der Waals surface area contributed by atoms with Gasteiger partial charge in [-0.3, -0.25) is 4.98 Å². The van der Waals surface area contributed by atoms with Crippen molar-refractivity contribution in [2.24, 2.45) is 11.1 Å². The Labute approximate surface area is 126 Å². The Morgan fingerprint density at radius 3 is 2.52 bits per heavy atom. The second-order valence-electron chi connectivity index (χ2n) is 6.33. The fraction of sp³-hybridized carbons (Fsp3) is 0.500. The summed E-state index contributed by atoms with van der Waals surface area (Å²) < 4.78 is 0. The van der Waals surface area contributed by atoms with Crippen LogP contribution < -0.4 is 5.73 Å². The molecular formula is C18H24N2O. The smallest absolute Gasteiger partial charge is 0.0879 e. The molecule has 1 fully saturated rings. The average molecular weight is 284 g/mol. The molecule has 3 N–H and O–H groups in total. The highest BCUT2D eigenvalue weighted by atomic mass is 16.3. The molecule has 112 valence electrons. The van der Waals surface area contributed by atoms with Crippen molar-refractivity contribution >= 4 is 10.8 Å². The Morgan fingerprint density at radius 1 is 1.10 bits per heavy atom. The van der Waals surface area contributed by atoms with E-state index in [1.165, 1.54) is 12.8 Å². The van der Waals surface area contributed by atoms with Crippen molar-refractivity contribution in [3.05, 3.63) is 42.2 Å². The first-order chi connectivity index (χ1) is 10.3. The summed E-state index contributed by atoms with van der Waals surface area (Å²) in [6.07, 6.45) is 9.98. The number of aliphatic hydroxyl groups excluding tert-OH is 1. The van der Waals surface area contributed by atoms with Crippen molar-refractivity contribution in [3.63, 3.8) is 0 Å². The molecule has 1 aliphatic rings. The molecular weight excluding hydrogens is 260 g/mol. The second kappa shape index (κ2) is 6.12. The third-order valence-electron chi connectivity index (χ3n) is 5.08. The van der Waals surface area contributed by atoms with Gasteiger partial charge in [0.1, 0.15) is 0 Å². The number of nitrogens with zero attached hydrogens (tertiary/aromatic N) is 1. The molecule has 1 saturated carbocycles. The van der Waals surface area contributed by atoms with Crippen LogP contribution in [0, 0.1) is 5.41 Å². The van der Waals surface area contributed by atoms with Crippen molar-refractivity contribution in [3.8, 4) is 0 Å². The summed E-state index contributed by atoms with van der Waals surface area (Å²) in [6, 6.07) is 8.13. The van der Waals surface area contributed by atoms with E-state index in [0.29, 0.717) is 6.54 Å². The van der Waals surface area contributed by atoms with E-state index in [2.05, 4.69) is 11.1 Å². The zero-order valence-corrected chi connectivity index (χ0v) is 12.5. The van der Waals surface area contributed by atoms with Gasteiger partial charge in [-0.15, -0.1) is 0 Å². The van der Waals surface area contributed by atoms with Crippen molar-refractivity contribution in [2.75, 3.05) is 6.54 Å². The van der Waals surface area contributed by atoms with Gasteiger partial charge in [0, 0.05) is 35.3 Å². The number of pyridine rings is 1. The molecule has 0 bridgehead atoms. The van der Waals surface area contributed by atoms with Crippen LogP contribution >= 0.6 is 0 Å². The lowest BCUT2D eigenvalue weighted by atomic mass is 9.72. The molecule has 0 amide bonds. The number of aliphatic hydroxyl groups is 1. The average Bonchev–Trinajstić information content (AvgIpc) is 2.80. The van der Waals surface area contributed by atoms with Gasteiger partial charge in [0.05, 0.1) is 6.10 Å². The van der Waals surface area contributed by atoms with E-state index in [-0.39, 0.29) is 5.41 Å². The zero-order chi connectivity index (χ0) is 14.7. The number of aromatic nitrogens is 1. The molecule has 0 spiro atoms. The van der Waals surface area contributed by atoms with Gasteiger partial charge in [-0.05, 0) is 18.2 Å². The van der Waals surface area contributed by atoms with E-state index in [1.54, 1.807) is 0 Å². The predicted molar refractivity (Wildman–Crippen MR) is 85.9 cm³/mol. The molecule has 1 aliphatic carbocycles. The first-order valence-corrected chi connectivity index (χ1v) is 7.98. The highest BCUT2D eigenvalue weighted by Crippen LogP contribution is 2.45. The van der Waals surface area contributed by atoms with E-state index < -0.39 is 6.10 Å². The molecule has 1 unspecified atom stereocenters. The lowest BCUT2D eigenvalue weighted by Gasteiger charge is -2.37. The van der Waals surface area contributed by atoms with E-state index in [0.717, 1.165) is 42.0 Å². The monoisotopic (exact) mass is 284 g/mol. The van der Waals surface area contributed by atoms with Gasteiger partial charge in [0.2, 0.25) is 0 Å². The largest absolute Gasteiger partial charge is 0.388 e. The number of nitrogens with two attached hydrogens (primary N) is 1. The Bertz CT molecular complexity index is 598. The van der Waals surface area contributed by atoms with Crippen LogP contribution in [-0.4, -0.2) is 16.6 Å². The van der Waals surface area contributed by atoms with Crippen LogP contribution in [0.1, 0.15) is 50.2 Å². The van der Waals surface area contributed by atoms with Crippen LogP contribution in [-0.2, 0) is 0 Å². The molecule has 1 aromatic carbocycles. The predicted octanol–water partition coefficient (Wildman–Crippen LogP) is 3.57. The van der Waals surface area contributed by atoms with Gasteiger partial charge in [-0.2, -0.15) is 0 Å². The molecule has 0 radical (unpaired) electrons. The van der Waals surface area contributed by atoms with E-state index >= 15 is 0 Å². The minimum absolute atomic E-state index is 0.192. The molecule has 3 nitrogen and oxygen atoms in total. The fourth-order valence-electron chi connectivity index (χ4n) is 3.71. The van der Waals surface area contributed by atoms with Crippen LogP contribution in [0.4, 0.5) is 0 Å². The molecule has 1 aromatic heterocycles. The Hall–Kier alpha value is -1.45. The topological polar surface area (TPSA) is 59.1 Å². The van der Waals surface area contributed by atoms with Gasteiger partial charge in [0.15, 0.2) is 0 Å². The third kappa shape index (κ3) is 2.68. The van der Waals surface area contributed by atoms with Crippen LogP contribution in [0.5, 0.6) is 0 Å². The van der Waals surface area contributed by atoms with Crippen LogP contribution in [0.2, 0.25) is 0 Å². The number of benzene rings is 1. The lowest BCUT2D eigenvalue weighted by Crippen LogP contribution is -2.36. The van der Waals surface area contributed by atoms with Crippen molar-refractivity contribution < 1.29 is 5.11 Å². The van der Waals surface area contributed by atoms with Crippen molar-refractivity contribution in [1.82, 2.24) is 4.98 Å². The maximum atomic E-state index is 11.1. The van der Waals surface area contributed by atoms with Crippen LogP contribution in [0.3, 0.4) is 0 Å². The Morgan fingerprint density at radius 2 is 1.81 bits per heavy atom. The molecule has 3 rings (SSSR count). The molecule has 1 heterocycles.